The molecule has 0 aromatic heterocycles. The zero-order chi connectivity index (χ0) is 16.4. The number of amides is 2. The van der Waals surface area contributed by atoms with Crippen molar-refractivity contribution in [1.82, 2.24) is 4.90 Å². The Balaban J connectivity index is 1.76. The Morgan fingerprint density at radius 3 is 2.74 bits per heavy atom. The van der Waals surface area contributed by atoms with E-state index in [9.17, 15) is 9.59 Å². The van der Waals surface area contributed by atoms with Crippen molar-refractivity contribution < 1.29 is 9.59 Å². The second-order valence-electron chi connectivity index (χ2n) is 6.20. The Morgan fingerprint density at radius 2 is 2.00 bits per heavy atom. The molecule has 2 aliphatic rings. The molecule has 5 nitrogen and oxygen atoms in total. The van der Waals surface area contributed by atoms with E-state index < -0.39 is 5.92 Å². The van der Waals surface area contributed by atoms with Gasteiger partial charge in [0.15, 0.2) is 0 Å². The third-order valence-corrected chi connectivity index (χ3v) is 5.50. The predicted molar refractivity (Wildman–Crippen MR) is 93.0 cm³/mol. The van der Waals surface area contributed by atoms with E-state index in [1.807, 2.05) is 29.2 Å². The van der Waals surface area contributed by atoms with Gasteiger partial charge in [-0.15, -0.1) is 0 Å². The summed E-state index contributed by atoms with van der Waals surface area (Å²) in [4.78, 5) is 29.2. The number of para-hydroxylation sites is 1. The summed E-state index contributed by atoms with van der Waals surface area (Å²) in [5, 5.41) is 0. The Bertz CT molecular complexity index is 607. The molecule has 6 heteroatoms. The monoisotopic (exact) mass is 379 g/mol. The summed E-state index contributed by atoms with van der Waals surface area (Å²) in [7, 11) is 0. The van der Waals surface area contributed by atoms with Crippen LogP contribution in [0.2, 0.25) is 0 Å². The molecule has 0 bridgehead atoms. The lowest BCUT2D eigenvalue weighted by Gasteiger charge is -2.36. The van der Waals surface area contributed by atoms with Crippen molar-refractivity contribution in [3.63, 3.8) is 0 Å². The summed E-state index contributed by atoms with van der Waals surface area (Å²) in [5.41, 5.74) is 6.64. The molecule has 0 spiro atoms. The molecule has 0 saturated carbocycles. The average molecular weight is 380 g/mol. The number of carbonyl (C=O) groups is 2. The van der Waals surface area contributed by atoms with Gasteiger partial charge >= 0.3 is 0 Å². The predicted octanol–water partition coefficient (Wildman–Crippen LogP) is 2.14. The Labute approximate surface area is 144 Å². The molecule has 2 fully saturated rings. The van der Waals surface area contributed by atoms with E-state index in [1.165, 1.54) is 0 Å². The van der Waals surface area contributed by atoms with Gasteiger partial charge in [-0.1, -0.05) is 12.1 Å². The first-order valence-electron chi connectivity index (χ1n) is 8.20. The number of carbonyl (C=O) groups excluding carboxylic acids is 2. The number of piperidine rings is 1. The van der Waals surface area contributed by atoms with Gasteiger partial charge in [-0.2, -0.15) is 0 Å². The highest BCUT2D eigenvalue weighted by molar-refractivity contribution is 9.10. The molecule has 23 heavy (non-hydrogen) atoms. The first-order chi connectivity index (χ1) is 11.1. The number of nitrogens with zero attached hydrogens (tertiary/aromatic N) is 2. The maximum Gasteiger partial charge on any atom is 0.239 e. The van der Waals surface area contributed by atoms with E-state index in [1.54, 1.807) is 4.90 Å². The number of halogens is 1. The van der Waals surface area contributed by atoms with Crippen molar-refractivity contribution in [2.24, 2.45) is 11.7 Å². The number of nitrogens with two attached hydrogens (primary N) is 1. The molecule has 2 aliphatic heterocycles. The van der Waals surface area contributed by atoms with Gasteiger partial charge < -0.3 is 15.5 Å². The fraction of sp³-hybridized carbons (Fsp3) is 0.529. The third kappa shape index (κ3) is 3.15. The molecule has 2 heterocycles. The highest BCUT2D eigenvalue weighted by Gasteiger charge is 2.41. The van der Waals surface area contributed by atoms with E-state index in [4.69, 9.17) is 5.73 Å². The van der Waals surface area contributed by atoms with Crippen molar-refractivity contribution >= 4 is 33.4 Å². The normalized spacial score (nSPS) is 25.0. The van der Waals surface area contributed by atoms with Gasteiger partial charge in [-0.25, -0.2) is 0 Å². The van der Waals surface area contributed by atoms with Crippen LogP contribution in [0.5, 0.6) is 0 Å². The SMILES string of the molecule is NC[C@@H]1CCCCN1C(=O)[C@@H]1CCN(c2ccccc2Br)C1=O. The van der Waals surface area contributed by atoms with Crippen LogP contribution in [0.25, 0.3) is 0 Å². The van der Waals surface area contributed by atoms with Crippen LogP contribution in [0, 0.1) is 5.92 Å². The highest BCUT2D eigenvalue weighted by atomic mass is 79.9. The number of benzene rings is 1. The summed E-state index contributed by atoms with van der Waals surface area (Å²) >= 11 is 3.48. The summed E-state index contributed by atoms with van der Waals surface area (Å²) in [6, 6.07) is 7.71. The van der Waals surface area contributed by atoms with Gasteiger partial charge in [0.05, 0.1) is 5.69 Å². The first kappa shape index (κ1) is 16.5. The van der Waals surface area contributed by atoms with E-state index in [0.29, 0.717) is 19.5 Å². The minimum atomic E-state index is -0.561. The molecule has 0 aliphatic carbocycles. The molecule has 3 rings (SSSR count). The molecule has 2 amide bonds. The largest absolute Gasteiger partial charge is 0.338 e. The smallest absolute Gasteiger partial charge is 0.239 e. The van der Waals surface area contributed by atoms with Crippen molar-refractivity contribution in [3.8, 4) is 0 Å². The van der Waals surface area contributed by atoms with Gasteiger partial charge in [-0.05, 0) is 53.7 Å². The van der Waals surface area contributed by atoms with Crippen LogP contribution in [0.15, 0.2) is 28.7 Å². The van der Waals surface area contributed by atoms with Crippen LogP contribution < -0.4 is 10.6 Å². The first-order valence-corrected chi connectivity index (χ1v) is 8.99. The van der Waals surface area contributed by atoms with Crippen LogP contribution in [0.3, 0.4) is 0 Å². The van der Waals surface area contributed by atoms with E-state index in [0.717, 1.165) is 36.0 Å². The molecule has 0 unspecified atom stereocenters. The maximum atomic E-state index is 12.9. The van der Waals surface area contributed by atoms with E-state index in [-0.39, 0.29) is 17.9 Å². The Morgan fingerprint density at radius 1 is 1.22 bits per heavy atom. The lowest BCUT2D eigenvalue weighted by atomic mass is 9.98. The highest BCUT2D eigenvalue weighted by Crippen LogP contribution is 2.32. The van der Waals surface area contributed by atoms with Crippen LogP contribution >= 0.6 is 15.9 Å². The summed E-state index contributed by atoms with van der Waals surface area (Å²) < 4.78 is 0.874. The number of hydrogen-bond donors (Lipinski definition) is 1. The van der Waals surface area contributed by atoms with Crippen molar-refractivity contribution in [2.45, 2.75) is 31.7 Å². The molecule has 124 valence electrons. The molecule has 1 aromatic rings. The van der Waals surface area contributed by atoms with Crippen molar-refractivity contribution in [1.29, 1.82) is 0 Å². The Kier molecular flexibility index (Phi) is 5.02. The standard InChI is InChI=1S/C17H22BrN3O2/c18-14-6-1-2-7-15(14)21-10-8-13(17(21)23)16(22)20-9-4-3-5-12(20)11-19/h1-2,6-7,12-13H,3-5,8-11,19H2/t12-,13-/m0/s1. The molecule has 2 saturated heterocycles. The topological polar surface area (TPSA) is 66.6 Å². The fourth-order valence-corrected chi connectivity index (χ4v) is 4.05. The molecule has 1 aromatic carbocycles. The van der Waals surface area contributed by atoms with Crippen LogP contribution in [0.4, 0.5) is 5.69 Å². The lowest BCUT2D eigenvalue weighted by Crippen LogP contribution is -2.50. The zero-order valence-electron chi connectivity index (χ0n) is 13.1. The van der Waals surface area contributed by atoms with Crippen molar-refractivity contribution in [2.75, 3.05) is 24.5 Å². The maximum absolute atomic E-state index is 12.9. The lowest BCUT2D eigenvalue weighted by molar-refractivity contribution is -0.142. The van der Waals surface area contributed by atoms with Crippen LogP contribution in [0.1, 0.15) is 25.7 Å². The summed E-state index contributed by atoms with van der Waals surface area (Å²) in [6.07, 6.45) is 3.62. The van der Waals surface area contributed by atoms with Gasteiger partial charge in [-0.3, -0.25) is 9.59 Å². The van der Waals surface area contributed by atoms with Crippen LogP contribution in [-0.2, 0) is 9.59 Å². The molecular weight excluding hydrogens is 358 g/mol. The van der Waals surface area contributed by atoms with Gasteiger partial charge in [0.25, 0.3) is 0 Å². The van der Waals surface area contributed by atoms with E-state index >= 15 is 0 Å². The van der Waals surface area contributed by atoms with Crippen molar-refractivity contribution in [3.05, 3.63) is 28.7 Å². The molecule has 0 radical (unpaired) electrons. The van der Waals surface area contributed by atoms with E-state index in [2.05, 4.69) is 15.9 Å². The van der Waals surface area contributed by atoms with Gasteiger partial charge in [0.1, 0.15) is 5.92 Å². The molecule has 2 atom stereocenters. The fourth-order valence-electron chi connectivity index (χ4n) is 3.55. The Hall–Kier alpha value is -1.40. The minimum Gasteiger partial charge on any atom is -0.338 e. The minimum absolute atomic E-state index is 0.0419. The second kappa shape index (κ2) is 7.01. The third-order valence-electron chi connectivity index (χ3n) is 4.83. The quantitative estimate of drug-likeness (QED) is 0.818. The van der Waals surface area contributed by atoms with Crippen LogP contribution in [-0.4, -0.2) is 42.4 Å². The number of anilines is 1. The number of rotatable bonds is 3. The van der Waals surface area contributed by atoms with Gasteiger partial charge in [0, 0.05) is 30.1 Å². The zero-order valence-corrected chi connectivity index (χ0v) is 14.7. The second-order valence-corrected chi connectivity index (χ2v) is 7.05. The summed E-state index contributed by atoms with van der Waals surface area (Å²) in [5.74, 6) is -0.697. The average Bonchev–Trinajstić information content (AvgIpc) is 2.96. The summed E-state index contributed by atoms with van der Waals surface area (Å²) in [6.45, 7) is 1.78. The molecule has 2 N–H and O–H groups in total. The number of hydrogen-bond acceptors (Lipinski definition) is 3. The number of likely N-dealkylation sites (tertiary alicyclic amines) is 1. The van der Waals surface area contributed by atoms with Gasteiger partial charge in [0.2, 0.25) is 11.8 Å². The molecular formula is C17H22BrN3O2.